The number of benzene rings is 2. The van der Waals surface area contributed by atoms with Gasteiger partial charge in [0, 0.05) is 36.9 Å². The Balaban J connectivity index is 1.52. The molecule has 1 aliphatic rings. The predicted octanol–water partition coefficient (Wildman–Crippen LogP) is 3.18. The molecule has 3 aromatic rings. The fraction of sp³-hybridized carbons (Fsp3) is 0.423. The lowest BCUT2D eigenvalue weighted by Crippen LogP contribution is -2.38. The largest absolute Gasteiger partial charge is 0.453 e. The zero-order valence-corrected chi connectivity index (χ0v) is 22.4. The number of carbonyl (C=O) groups excluding carboxylic acids is 2. The van der Waals surface area contributed by atoms with Crippen LogP contribution in [-0.2, 0) is 37.5 Å². The molecule has 11 nitrogen and oxygen atoms in total. The molecule has 1 saturated heterocycles. The summed E-state index contributed by atoms with van der Waals surface area (Å²) in [6, 6.07) is 14.9. The molecule has 0 bridgehead atoms. The van der Waals surface area contributed by atoms with E-state index in [1.165, 1.54) is 25.6 Å². The summed E-state index contributed by atoms with van der Waals surface area (Å²) in [4.78, 5) is 23.4. The molecule has 2 heterocycles. The molecule has 2 N–H and O–H groups in total. The number of nitrogens with zero attached hydrogens (tertiary/aromatic N) is 4. The van der Waals surface area contributed by atoms with Crippen LogP contribution in [0.15, 0.2) is 53.7 Å². The number of hydrogen-bond acceptors (Lipinski definition) is 10. The molecule has 1 fully saturated rings. The first-order valence-electron chi connectivity index (χ1n) is 12.2. The lowest BCUT2D eigenvalue weighted by Gasteiger charge is -2.41. The molecule has 4 rings (SSSR count). The van der Waals surface area contributed by atoms with Gasteiger partial charge in [0.1, 0.15) is 0 Å². The van der Waals surface area contributed by atoms with Crippen LogP contribution in [0.2, 0.25) is 0 Å². The van der Waals surface area contributed by atoms with Crippen molar-refractivity contribution in [2.45, 2.75) is 57.1 Å². The first-order valence-corrected chi connectivity index (χ1v) is 13.2. The van der Waals surface area contributed by atoms with Crippen LogP contribution in [0.25, 0.3) is 0 Å². The SMILES string of the molecule is CC(=O)O[C@@H](C)C(=O)Nc1ccc([C@@H]2O[C@H](CSc3nnnn3C)[C@H](C)[C@H](c3ccc(CO)cc3)O2)cc1. The number of nitrogens with one attached hydrogen (secondary N) is 1. The Labute approximate surface area is 224 Å². The van der Waals surface area contributed by atoms with Gasteiger partial charge in [-0.2, -0.15) is 0 Å². The molecule has 12 heteroatoms. The predicted molar refractivity (Wildman–Crippen MR) is 139 cm³/mol. The fourth-order valence-corrected chi connectivity index (χ4v) is 5.09. The number of esters is 1. The molecule has 1 aliphatic heterocycles. The van der Waals surface area contributed by atoms with Crippen LogP contribution < -0.4 is 5.32 Å². The average molecular weight is 542 g/mol. The molecule has 0 aliphatic carbocycles. The number of ether oxygens (including phenoxy) is 3. The number of aliphatic hydroxyl groups excluding tert-OH is 1. The molecule has 202 valence electrons. The maximum Gasteiger partial charge on any atom is 0.303 e. The number of aromatic nitrogens is 4. The van der Waals surface area contributed by atoms with E-state index in [4.69, 9.17) is 14.2 Å². The van der Waals surface area contributed by atoms with E-state index in [-0.39, 0.29) is 24.7 Å². The summed E-state index contributed by atoms with van der Waals surface area (Å²) in [5.74, 6) is -0.315. The Bertz CT molecular complexity index is 1240. The molecule has 38 heavy (non-hydrogen) atoms. The third kappa shape index (κ3) is 6.76. The second kappa shape index (κ2) is 12.5. The number of aryl methyl sites for hydroxylation is 1. The van der Waals surface area contributed by atoms with Gasteiger partial charge in [-0.15, -0.1) is 5.10 Å². The van der Waals surface area contributed by atoms with Crippen molar-refractivity contribution in [2.75, 3.05) is 11.1 Å². The summed E-state index contributed by atoms with van der Waals surface area (Å²) < 4.78 is 19.4. The summed E-state index contributed by atoms with van der Waals surface area (Å²) in [6.07, 6.45) is -1.99. The molecular weight excluding hydrogens is 510 g/mol. The van der Waals surface area contributed by atoms with Crippen LogP contribution in [0.4, 0.5) is 5.69 Å². The monoisotopic (exact) mass is 541 g/mol. The van der Waals surface area contributed by atoms with Gasteiger partial charge in [-0.3, -0.25) is 9.59 Å². The number of aliphatic hydroxyl groups is 1. The molecule has 2 aromatic carbocycles. The van der Waals surface area contributed by atoms with Gasteiger partial charge in [0.05, 0.1) is 18.8 Å². The summed E-state index contributed by atoms with van der Waals surface area (Å²) in [7, 11) is 1.79. The summed E-state index contributed by atoms with van der Waals surface area (Å²) >= 11 is 1.51. The second-order valence-corrected chi connectivity index (χ2v) is 10.1. The number of amides is 1. The Morgan fingerprint density at radius 3 is 2.42 bits per heavy atom. The van der Waals surface area contributed by atoms with Crippen LogP contribution in [-0.4, -0.2) is 55.2 Å². The van der Waals surface area contributed by atoms with Gasteiger partial charge in [0.15, 0.2) is 12.4 Å². The van der Waals surface area contributed by atoms with Gasteiger partial charge in [-0.25, -0.2) is 4.68 Å². The lowest BCUT2D eigenvalue weighted by molar-refractivity contribution is -0.268. The van der Waals surface area contributed by atoms with Gasteiger partial charge < -0.3 is 24.6 Å². The Kier molecular flexibility index (Phi) is 9.10. The first-order chi connectivity index (χ1) is 18.2. The highest BCUT2D eigenvalue weighted by atomic mass is 32.2. The van der Waals surface area contributed by atoms with E-state index >= 15 is 0 Å². The first kappa shape index (κ1) is 27.7. The van der Waals surface area contributed by atoms with Crippen molar-refractivity contribution in [3.8, 4) is 0 Å². The van der Waals surface area contributed by atoms with Crippen molar-refractivity contribution in [2.24, 2.45) is 13.0 Å². The molecule has 1 amide bonds. The van der Waals surface area contributed by atoms with Crippen molar-refractivity contribution in [1.82, 2.24) is 20.2 Å². The zero-order chi connectivity index (χ0) is 27.2. The number of carbonyl (C=O) groups is 2. The van der Waals surface area contributed by atoms with E-state index in [9.17, 15) is 14.7 Å². The van der Waals surface area contributed by atoms with Crippen LogP contribution in [0.1, 0.15) is 49.9 Å². The molecule has 5 atom stereocenters. The maximum atomic E-state index is 12.3. The molecule has 1 aromatic heterocycles. The van der Waals surface area contributed by atoms with Crippen molar-refractivity contribution in [3.63, 3.8) is 0 Å². The number of hydrogen-bond donors (Lipinski definition) is 2. The normalized spacial score (nSPS) is 22.0. The van der Waals surface area contributed by atoms with E-state index in [2.05, 4.69) is 27.8 Å². The van der Waals surface area contributed by atoms with Crippen LogP contribution in [0, 0.1) is 5.92 Å². The zero-order valence-electron chi connectivity index (χ0n) is 21.6. The quantitative estimate of drug-likeness (QED) is 0.307. The minimum absolute atomic E-state index is 0.0150. The highest BCUT2D eigenvalue weighted by Gasteiger charge is 2.38. The topological polar surface area (TPSA) is 138 Å². The van der Waals surface area contributed by atoms with Crippen molar-refractivity contribution in [3.05, 3.63) is 65.2 Å². The Hall–Kier alpha value is -3.32. The van der Waals surface area contributed by atoms with E-state index < -0.39 is 24.3 Å². The van der Waals surface area contributed by atoms with Gasteiger partial charge in [-0.05, 0) is 40.6 Å². The Morgan fingerprint density at radius 2 is 1.82 bits per heavy atom. The number of tetrazole rings is 1. The Morgan fingerprint density at radius 1 is 1.13 bits per heavy atom. The highest BCUT2D eigenvalue weighted by Crippen LogP contribution is 2.43. The van der Waals surface area contributed by atoms with Crippen molar-refractivity contribution >= 4 is 29.3 Å². The van der Waals surface area contributed by atoms with Crippen LogP contribution in [0.3, 0.4) is 0 Å². The fourth-order valence-electron chi connectivity index (χ4n) is 4.08. The average Bonchev–Trinajstić information content (AvgIpc) is 3.32. The highest BCUT2D eigenvalue weighted by molar-refractivity contribution is 7.99. The molecule has 0 spiro atoms. The van der Waals surface area contributed by atoms with E-state index in [1.807, 2.05) is 36.4 Å². The number of anilines is 1. The summed E-state index contributed by atoms with van der Waals surface area (Å²) in [5.41, 5.74) is 3.16. The molecule has 0 unspecified atom stereocenters. The lowest BCUT2D eigenvalue weighted by atomic mass is 9.91. The summed E-state index contributed by atoms with van der Waals surface area (Å²) in [6.45, 7) is 4.83. The second-order valence-electron chi connectivity index (χ2n) is 9.08. The van der Waals surface area contributed by atoms with Crippen LogP contribution >= 0.6 is 11.8 Å². The van der Waals surface area contributed by atoms with Gasteiger partial charge in [-0.1, -0.05) is 55.1 Å². The molecule has 0 saturated carbocycles. The standard InChI is InChI=1S/C26H31N5O6S/c1-15-22(14-38-26-28-29-30-31(26)4)36-25(37-23(15)19-7-5-18(13-32)6-8-19)20-9-11-21(12-10-20)27-24(34)16(2)35-17(3)33/h5-12,15-16,22-23,25,32H,13-14H2,1-4H3,(H,27,34)/t15-,16-,22+,23+,25+/m0/s1. The van der Waals surface area contributed by atoms with Crippen LogP contribution in [0.5, 0.6) is 0 Å². The van der Waals surface area contributed by atoms with E-state index in [1.54, 1.807) is 23.9 Å². The third-order valence-corrected chi connectivity index (χ3v) is 7.34. The van der Waals surface area contributed by atoms with E-state index in [0.717, 1.165) is 16.7 Å². The molecule has 0 radical (unpaired) electrons. The van der Waals surface area contributed by atoms with Gasteiger partial charge in [0.25, 0.3) is 5.91 Å². The third-order valence-electron chi connectivity index (χ3n) is 6.24. The smallest absolute Gasteiger partial charge is 0.303 e. The molecular formula is C26H31N5O6S. The van der Waals surface area contributed by atoms with Gasteiger partial charge >= 0.3 is 5.97 Å². The minimum atomic E-state index is -0.904. The number of thioether (sulfide) groups is 1. The number of rotatable bonds is 9. The summed E-state index contributed by atoms with van der Waals surface area (Å²) in [5, 5.41) is 24.5. The maximum absolute atomic E-state index is 12.3. The minimum Gasteiger partial charge on any atom is -0.453 e. The van der Waals surface area contributed by atoms with Crippen molar-refractivity contribution in [1.29, 1.82) is 0 Å². The van der Waals surface area contributed by atoms with Crippen molar-refractivity contribution < 1.29 is 28.9 Å². The van der Waals surface area contributed by atoms with Gasteiger partial charge in [0.2, 0.25) is 5.16 Å². The van der Waals surface area contributed by atoms with E-state index in [0.29, 0.717) is 16.6 Å².